The van der Waals surface area contributed by atoms with Crippen molar-refractivity contribution < 1.29 is 9.84 Å². The Balaban J connectivity index is 1.76. The molecule has 0 aliphatic rings. The van der Waals surface area contributed by atoms with E-state index in [-0.39, 0.29) is 13.2 Å². The van der Waals surface area contributed by atoms with Gasteiger partial charge in [-0.3, -0.25) is 4.57 Å². The van der Waals surface area contributed by atoms with Gasteiger partial charge in [0.05, 0.1) is 24.0 Å². The summed E-state index contributed by atoms with van der Waals surface area (Å²) in [5, 5.41) is 8.92. The first-order chi connectivity index (χ1) is 12.3. The quantitative estimate of drug-likeness (QED) is 0.609. The van der Waals surface area contributed by atoms with Crippen molar-refractivity contribution in [1.29, 1.82) is 0 Å². The molecule has 6 heteroatoms. The third-order valence-electron chi connectivity index (χ3n) is 4.08. The Morgan fingerprint density at radius 2 is 2.04 bits per heavy atom. The Bertz CT molecular complexity index is 1020. The lowest BCUT2D eigenvalue weighted by molar-refractivity contribution is 0.201. The minimum atomic E-state index is -0.0103. The number of ether oxygens (including phenoxy) is 1. The van der Waals surface area contributed by atoms with E-state index < -0.39 is 0 Å². The number of imidazole rings is 2. The van der Waals surface area contributed by atoms with Gasteiger partial charge >= 0.3 is 0 Å². The third kappa shape index (κ3) is 2.88. The first-order valence-corrected chi connectivity index (χ1v) is 8.05. The molecule has 4 aromatic rings. The van der Waals surface area contributed by atoms with E-state index in [0.717, 1.165) is 28.1 Å². The monoisotopic (exact) mass is 334 g/mol. The molecule has 0 amide bonds. The van der Waals surface area contributed by atoms with Crippen LogP contribution in [0.1, 0.15) is 0 Å². The van der Waals surface area contributed by atoms with E-state index in [0.29, 0.717) is 5.75 Å². The van der Waals surface area contributed by atoms with E-state index in [1.807, 2.05) is 65.1 Å². The molecule has 25 heavy (non-hydrogen) atoms. The fourth-order valence-electron chi connectivity index (χ4n) is 2.88. The number of fused-ring (bicyclic) bond motifs is 1. The maximum Gasteiger partial charge on any atom is 0.144 e. The van der Waals surface area contributed by atoms with E-state index in [9.17, 15) is 0 Å². The zero-order valence-electron chi connectivity index (χ0n) is 13.8. The first kappa shape index (κ1) is 15.4. The highest BCUT2D eigenvalue weighted by molar-refractivity contribution is 5.78. The fraction of sp³-hybridized carbons (Fsp3) is 0.158. The van der Waals surface area contributed by atoms with Gasteiger partial charge < -0.3 is 14.4 Å². The summed E-state index contributed by atoms with van der Waals surface area (Å²) in [4.78, 5) is 8.87. The molecule has 0 spiro atoms. The van der Waals surface area contributed by atoms with Crippen LogP contribution in [-0.4, -0.2) is 37.4 Å². The van der Waals surface area contributed by atoms with Gasteiger partial charge in [0, 0.05) is 30.7 Å². The number of aliphatic hydroxyl groups is 1. The van der Waals surface area contributed by atoms with E-state index in [1.165, 1.54) is 0 Å². The minimum Gasteiger partial charge on any atom is -0.491 e. The molecule has 0 unspecified atom stereocenters. The number of aryl methyl sites for hydroxylation is 1. The summed E-state index contributed by atoms with van der Waals surface area (Å²) in [6.07, 6.45) is 5.53. The van der Waals surface area contributed by atoms with Gasteiger partial charge in [-0.15, -0.1) is 0 Å². The molecule has 126 valence electrons. The van der Waals surface area contributed by atoms with Gasteiger partial charge in [0.15, 0.2) is 0 Å². The van der Waals surface area contributed by atoms with Crippen LogP contribution in [0.15, 0.2) is 61.2 Å². The molecule has 0 bridgehead atoms. The molecule has 0 fully saturated rings. The van der Waals surface area contributed by atoms with E-state index in [4.69, 9.17) is 9.84 Å². The molecule has 1 N–H and O–H groups in total. The van der Waals surface area contributed by atoms with Crippen molar-refractivity contribution in [3.8, 4) is 22.8 Å². The summed E-state index contributed by atoms with van der Waals surface area (Å²) in [6, 6.07) is 13.9. The lowest BCUT2D eigenvalue weighted by atomic mass is 10.2. The number of aromatic nitrogens is 4. The average Bonchev–Trinajstić information content (AvgIpc) is 3.27. The smallest absolute Gasteiger partial charge is 0.144 e. The van der Waals surface area contributed by atoms with Crippen molar-refractivity contribution in [2.75, 3.05) is 13.2 Å². The molecular weight excluding hydrogens is 316 g/mol. The van der Waals surface area contributed by atoms with Crippen LogP contribution >= 0.6 is 0 Å². The molecule has 0 aliphatic heterocycles. The molecule has 2 aromatic carbocycles. The Morgan fingerprint density at radius 1 is 1.12 bits per heavy atom. The van der Waals surface area contributed by atoms with E-state index in [2.05, 4.69) is 16.0 Å². The van der Waals surface area contributed by atoms with Crippen LogP contribution < -0.4 is 4.74 Å². The van der Waals surface area contributed by atoms with Crippen LogP contribution in [0.2, 0.25) is 0 Å². The normalized spacial score (nSPS) is 11.1. The minimum absolute atomic E-state index is 0.0103. The van der Waals surface area contributed by atoms with E-state index in [1.54, 1.807) is 6.20 Å². The molecular formula is C19H18N4O2. The lowest BCUT2D eigenvalue weighted by Crippen LogP contribution is -2.02. The highest BCUT2D eigenvalue weighted by Crippen LogP contribution is 2.26. The highest BCUT2D eigenvalue weighted by Gasteiger charge is 2.10. The largest absolute Gasteiger partial charge is 0.491 e. The second-order valence-corrected chi connectivity index (χ2v) is 5.75. The Hall–Kier alpha value is -3.12. The van der Waals surface area contributed by atoms with Crippen molar-refractivity contribution in [1.82, 2.24) is 19.1 Å². The Morgan fingerprint density at radius 3 is 2.92 bits per heavy atom. The summed E-state index contributed by atoms with van der Waals surface area (Å²) in [7, 11) is 1.98. The van der Waals surface area contributed by atoms with Crippen LogP contribution in [0.25, 0.3) is 28.1 Å². The summed E-state index contributed by atoms with van der Waals surface area (Å²) in [5.74, 6) is 1.54. The van der Waals surface area contributed by atoms with E-state index >= 15 is 0 Å². The summed E-state index contributed by atoms with van der Waals surface area (Å²) in [6.45, 7) is 0.263. The van der Waals surface area contributed by atoms with Crippen LogP contribution in [0.5, 0.6) is 5.75 Å². The zero-order chi connectivity index (χ0) is 17.2. The van der Waals surface area contributed by atoms with Crippen LogP contribution in [-0.2, 0) is 7.05 Å². The summed E-state index contributed by atoms with van der Waals surface area (Å²) >= 11 is 0. The SMILES string of the molecule is Cn1cnc2ccc(-n3ccnc3-c3cccc(OCCO)c3)cc21. The van der Waals surface area contributed by atoms with Crippen LogP contribution in [0, 0.1) is 0 Å². The standard InChI is InChI=1S/C19H18N4O2/c1-22-13-21-17-6-5-15(12-18(17)22)23-8-7-20-19(23)14-3-2-4-16(11-14)25-10-9-24/h2-8,11-13,24H,9-10H2,1H3. The molecule has 0 saturated carbocycles. The number of benzene rings is 2. The number of rotatable bonds is 5. The third-order valence-corrected chi connectivity index (χ3v) is 4.08. The van der Waals surface area contributed by atoms with Crippen LogP contribution in [0.3, 0.4) is 0 Å². The summed E-state index contributed by atoms with van der Waals surface area (Å²) in [5.41, 5.74) is 4.00. The van der Waals surface area contributed by atoms with Gasteiger partial charge in [0.25, 0.3) is 0 Å². The van der Waals surface area contributed by atoms with Crippen molar-refractivity contribution in [2.45, 2.75) is 0 Å². The van der Waals surface area contributed by atoms with Gasteiger partial charge in [-0.2, -0.15) is 0 Å². The molecule has 0 atom stereocenters. The fourth-order valence-corrected chi connectivity index (χ4v) is 2.88. The number of aliphatic hydroxyl groups excluding tert-OH is 1. The second kappa shape index (κ2) is 6.41. The molecule has 4 rings (SSSR count). The van der Waals surface area contributed by atoms with Gasteiger partial charge in [0.1, 0.15) is 18.2 Å². The maximum atomic E-state index is 8.92. The average molecular weight is 334 g/mol. The maximum absolute atomic E-state index is 8.92. The number of hydrogen-bond donors (Lipinski definition) is 1. The molecule has 6 nitrogen and oxygen atoms in total. The lowest BCUT2D eigenvalue weighted by Gasteiger charge is -2.10. The predicted molar refractivity (Wildman–Crippen MR) is 95.9 cm³/mol. The van der Waals surface area contributed by atoms with Crippen molar-refractivity contribution in [3.63, 3.8) is 0 Å². The van der Waals surface area contributed by atoms with Crippen molar-refractivity contribution >= 4 is 11.0 Å². The summed E-state index contributed by atoms with van der Waals surface area (Å²) < 4.78 is 9.54. The molecule has 0 radical (unpaired) electrons. The highest BCUT2D eigenvalue weighted by atomic mass is 16.5. The van der Waals surface area contributed by atoms with Gasteiger partial charge in [-0.25, -0.2) is 9.97 Å². The number of nitrogens with zero attached hydrogens (tertiary/aromatic N) is 4. The molecule has 2 heterocycles. The predicted octanol–water partition coefficient (Wildman–Crippen LogP) is 2.80. The topological polar surface area (TPSA) is 65.1 Å². The molecule has 2 aromatic heterocycles. The number of hydrogen-bond acceptors (Lipinski definition) is 4. The van der Waals surface area contributed by atoms with Gasteiger partial charge in [-0.05, 0) is 30.3 Å². The second-order valence-electron chi connectivity index (χ2n) is 5.75. The van der Waals surface area contributed by atoms with Crippen molar-refractivity contribution in [3.05, 3.63) is 61.2 Å². The molecule has 0 aliphatic carbocycles. The Labute approximate surface area is 145 Å². The zero-order valence-corrected chi connectivity index (χ0v) is 13.8. The van der Waals surface area contributed by atoms with Gasteiger partial charge in [-0.1, -0.05) is 12.1 Å². The first-order valence-electron chi connectivity index (χ1n) is 8.05. The molecule has 0 saturated heterocycles. The van der Waals surface area contributed by atoms with Crippen molar-refractivity contribution in [2.24, 2.45) is 7.05 Å². The Kier molecular flexibility index (Phi) is 3.95. The van der Waals surface area contributed by atoms with Gasteiger partial charge in [0.2, 0.25) is 0 Å². The van der Waals surface area contributed by atoms with Crippen LogP contribution in [0.4, 0.5) is 0 Å².